The topological polar surface area (TPSA) is 49.2 Å². The van der Waals surface area contributed by atoms with Gasteiger partial charge in [0, 0.05) is 25.1 Å². The fraction of sp³-hybridized carbons (Fsp3) is 0.667. The normalized spacial score (nSPS) is 15.0. The summed E-state index contributed by atoms with van der Waals surface area (Å²) in [5.41, 5.74) is 0. The van der Waals surface area contributed by atoms with Gasteiger partial charge in [-0.3, -0.25) is 0 Å². The van der Waals surface area contributed by atoms with Crippen molar-refractivity contribution in [3.05, 3.63) is 17.0 Å². The van der Waals surface area contributed by atoms with Crippen molar-refractivity contribution in [1.82, 2.24) is 9.97 Å². The number of anilines is 1. The van der Waals surface area contributed by atoms with Crippen LogP contribution in [0.1, 0.15) is 32.0 Å². The first-order chi connectivity index (χ1) is 8.24. The Bertz CT molecular complexity index is 382. The molecule has 1 aromatic rings. The van der Waals surface area contributed by atoms with E-state index in [4.69, 9.17) is 16.7 Å². The maximum atomic E-state index is 9.10. The Kier molecular flexibility index (Phi) is 4.18. The molecule has 0 bridgehead atoms. The van der Waals surface area contributed by atoms with Crippen molar-refractivity contribution < 1.29 is 5.11 Å². The van der Waals surface area contributed by atoms with Crippen LogP contribution in [-0.4, -0.2) is 34.3 Å². The number of hydrogen-bond acceptors (Lipinski definition) is 4. The maximum Gasteiger partial charge on any atom is 0.134 e. The SMILES string of the molecule is CCCc1nc(Cl)cc(N(CCO)C2CC2)n1. The summed E-state index contributed by atoms with van der Waals surface area (Å²) >= 11 is 6.01. The van der Waals surface area contributed by atoms with Gasteiger partial charge in [0.1, 0.15) is 16.8 Å². The summed E-state index contributed by atoms with van der Waals surface area (Å²) in [5, 5.41) is 9.59. The number of aryl methyl sites for hydroxylation is 1. The number of aromatic nitrogens is 2. The molecule has 17 heavy (non-hydrogen) atoms. The van der Waals surface area contributed by atoms with Crippen LogP contribution in [0.4, 0.5) is 5.82 Å². The average Bonchev–Trinajstić information content (AvgIpc) is 3.09. The van der Waals surface area contributed by atoms with Crippen LogP contribution in [0.2, 0.25) is 5.15 Å². The third-order valence-electron chi connectivity index (χ3n) is 2.82. The molecule has 1 aliphatic carbocycles. The summed E-state index contributed by atoms with van der Waals surface area (Å²) in [6.07, 6.45) is 4.18. The van der Waals surface area contributed by atoms with E-state index in [1.807, 2.05) is 0 Å². The van der Waals surface area contributed by atoms with Gasteiger partial charge in [-0.1, -0.05) is 18.5 Å². The van der Waals surface area contributed by atoms with Crippen molar-refractivity contribution in [2.45, 2.75) is 38.6 Å². The second-order valence-electron chi connectivity index (χ2n) is 4.36. The first-order valence-electron chi connectivity index (χ1n) is 6.15. The van der Waals surface area contributed by atoms with E-state index in [1.54, 1.807) is 6.07 Å². The highest BCUT2D eigenvalue weighted by atomic mass is 35.5. The third kappa shape index (κ3) is 3.30. The van der Waals surface area contributed by atoms with Crippen LogP contribution in [0.3, 0.4) is 0 Å². The van der Waals surface area contributed by atoms with Crippen LogP contribution in [0.25, 0.3) is 0 Å². The molecule has 1 fully saturated rings. The molecule has 0 radical (unpaired) electrons. The van der Waals surface area contributed by atoms with Gasteiger partial charge >= 0.3 is 0 Å². The molecular weight excluding hydrogens is 238 g/mol. The van der Waals surface area contributed by atoms with Gasteiger partial charge in [-0.15, -0.1) is 0 Å². The van der Waals surface area contributed by atoms with Gasteiger partial charge in [-0.25, -0.2) is 9.97 Å². The number of rotatable bonds is 6. The minimum Gasteiger partial charge on any atom is -0.395 e. The van der Waals surface area contributed by atoms with Crippen LogP contribution in [0.5, 0.6) is 0 Å². The Morgan fingerprint density at radius 1 is 1.47 bits per heavy atom. The molecule has 5 heteroatoms. The quantitative estimate of drug-likeness (QED) is 0.791. The zero-order valence-electron chi connectivity index (χ0n) is 10.1. The number of hydrogen-bond donors (Lipinski definition) is 1. The largest absolute Gasteiger partial charge is 0.395 e. The maximum absolute atomic E-state index is 9.10. The van der Waals surface area contributed by atoms with E-state index in [2.05, 4.69) is 21.8 Å². The van der Waals surface area contributed by atoms with Gasteiger partial charge < -0.3 is 10.0 Å². The summed E-state index contributed by atoms with van der Waals surface area (Å²) in [5.74, 6) is 1.64. The molecule has 0 amide bonds. The van der Waals surface area contributed by atoms with Crippen molar-refractivity contribution in [2.24, 2.45) is 0 Å². The van der Waals surface area contributed by atoms with Gasteiger partial charge in [-0.05, 0) is 19.3 Å². The highest BCUT2D eigenvalue weighted by Gasteiger charge is 2.30. The lowest BCUT2D eigenvalue weighted by Gasteiger charge is -2.22. The smallest absolute Gasteiger partial charge is 0.134 e. The molecule has 4 nitrogen and oxygen atoms in total. The minimum atomic E-state index is 0.140. The van der Waals surface area contributed by atoms with E-state index in [0.717, 1.165) is 24.5 Å². The van der Waals surface area contributed by atoms with Gasteiger partial charge in [0.25, 0.3) is 0 Å². The van der Waals surface area contributed by atoms with Gasteiger partial charge in [0.15, 0.2) is 0 Å². The van der Waals surface area contributed by atoms with Crippen molar-refractivity contribution in [1.29, 1.82) is 0 Å². The second kappa shape index (κ2) is 5.65. The molecule has 0 unspecified atom stereocenters. The molecule has 1 saturated carbocycles. The molecule has 1 heterocycles. The molecule has 94 valence electrons. The third-order valence-corrected chi connectivity index (χ3v) is 3.02. The Morgan fingerprint density at radius 3 is 2.82 bits per heavy atom. The molecule has 0 saturated heterocycles. The number of halogens is 1. The summed E-state index contributed by atoms with van der Waals surface area (Å²) in [6, 6.07) is 2.30. The van der Waals surface area contributed by atoms with Crippen LogP contribution >= 0.6 is 11.6 Å². The number of aliphatic hydroxyl groups is 1. The van der Waals surface area contributed by atoms with Crippen LogP contribution in [0, 0.1) is 0 Å². The fourth-order valence-corrected chi connectivity index (χ4v) is 2.11. The molecular formula is C12H18ClN3O. The van der Waals surface area contributed by atoms with E-state index >= 15 is 0 Å². The standard InChI is InChI=1S/C12H18ClN3O/c1-2-3-11-14-10(13)8-12(15-11)16(6-7-17)9-4-5-9/h8-9,17H,2-7H2,1H3. The van der Waals surface area contributed by atoms with Gasteiger partial charge in [0.2, 0.25) is 0 Å². The van der Waals surface area contributed by atoms with E-state index in [1.165, 1.54) is 12.8 Å². The number of nitrogens with zero attached hydrogens (tertiary/aromatic N) is 3. The molecule has 0 aromatic carbocycles. The molecule has 0 spiro atoms. The zero-order chi connectivity index (χ0) is 12.3. The van der Waals surface area contributed by atoms with Crippen LogP contribution in [-0.2, 0) is 6.42 Å². The summed E-state index contributed by atoms with van der Waals surface area (Å²) in [4.78, 5) is 10.9. The molecule has 0 atom stereocenters. The Balaban J connectivity index is 2.22. The highest BCUT2D eigenvalue weighted by Crippen LogP contribution is 2.31. The Labute approximate surface area is 107 Å². The Hall–Kier alpha value is -0.870. The van der Waals surface area contributed by atoms with Crippen LogP contribution < -0.4 is 4.90 Å². The van der Waals surface area contributed by atoms with Crippen molar-refractivity contribution in [2.75, 3.05) is 18.1 Å². The van der Waals surface area contributed by atoms with Gasteiger partial charge in [0.05, 0.1) is 6.61 Å². The summed E-state index contributed by atoms with van der Waals surface area (Å²) < 4.78 is 0. The molecule has 1 aromatic heterocycles. The lowest BCUT2D eigenvalue weighted by atomic mass is 10.3. The van der Waals surface area contributed by atoms with Crippen molar-refractivity contribution in [3.63, 3.8) is 0 Å². The summed E-state index contributed by atoms with van der Waals surface area (Å²) in [7, 11) is 0. The molecule has 1 N–H and O–H groups in total. The second-order valence-corrected chi connectivity index (χ2v) is 4.75. The van der Waals surface area contributed by atoms with Crippen molar-refractivity contribution in [3.8, 4) is 0 Å². The summed E-state index contributed by atoms with van der Waals surface area (Å²) in [6.45, 7) is 2.85. The molecule has 1 aliphatic rings. The lowest BCUT2D eigenvalue weighted by molar-refractivity contribution is 0.301. The first-order valence-corrected chi connectivity index (χ1v) is 6.53. The van der Waals surface area contributed by atoms with Crippen LogP contribution in [0.15, 0.2) is 6.07 Å². The number of aliphatic hydroxyl groups excluding tert-OH is 1. The minimum absolute atomic E-state index is 0.140. The van der Waals surface area contributed by atoms with Crippen molar-refractivity contribution >= 4 is 17.4 Å². The zero-order valence-corrected chi connectivity index (χ0v) is 10.8. The predicted molar refractivity (Wildman–Crippen MR) is 68.5 cm³/mol. The van der Waals surface area contributed by atoms with E-state index in [0.29, 0.717) is 17.7 Å². The fourth-order valence-electron chi connectivity index (χ4n) is 1.91. The Morgan fingerprint density at radius 2 is 2.24 bits per heavy atom. The van der Waals surface area contributed by atoms with Gasteiger partial charge in [-0.2, -0.15) is 0 Å². The van der Waals surface area contributed by atoms with E-state index in [9.17, 15) is 0 Å². The molecule has 0 aliphatic heterocycles. The predicted octanol–water partition coefficient (Wildman–Crippen LogP) is 2.04. The lowest BCUT2D eigenvalue weighted by Crippen LogP contribution is -2.30. The molecule has 2 rings (SSSR count). The first kappa shape index (κ1) is 12.6. The monoisotopic (exact) mass is 255 g/mol. The van der Waals surface area contributed by atoms with E-state index in [-0.39, 0.29) is 6.61 Å². The average molecular weight is 256 g/mol. The highest BCUT2D eigenvalue weighted by molar-refractivity contribution is 6.29. The van der Waals surface area contributed by atoms with E-state index < -0.39 is 0 Å².